The Balaban J connectivity index is 1.86. The van der Waals surface area contributed by atoms with Crippen LogP contribution in [0.25, 0.3) is 21.7 Å². The summed E-state index contributed by atoms with van der Waals surface area (Å²) in [5.41, 5.74) is 3.28. The first-order chi connectivity index (χ1) is 14.0. The summed E-state index contributed by atoms with van der Waals surface area (Å²) < 4.78 is 14.7. The number of nitrogens with one attached hydrogen (secondary N) is 2. The Kier molecular flexibility index (Phi) is 5.15. The van der Waals surface area contributed by atoms with Crippen molar-refractivity contribution in [3.63, 3.8) is 0 Å². The van der Waals surface area contributed by atoms with Crippen molar-refractivity contribution in [3.05, 3.63) is 64.4 Å². The number of amides is 2. The standard InChI is InChI=1S/C22H20FN3O2S/c1-12-17(10-14(11-19(12)23)21(28)26-15-4-5-15)16-6-3-13(20(27)24-2)9-18(16)22-25-7-8-29-22/h3,6-11,15H,4-5H2,1-2H3,(H,24,27)(H,26,28). The number of carbonyl (C=O) groups is 2. The summed E-state index contributed by atoms with van der Waals surface area (Å²) in [7, 11) is 1.57. The van der Waals surface area contributed by atoms with Gasteiger partial charge >= 0.3 is 0 Å². The molecule has 0 saturated heterocycles. The molecule has 2 amide bonds. The van der Waals surface area contributed by atoms with Crippen LogP contribution in [0.1, 0.15) is 39.1 Å². The van der Waals surface area contributed by atoms with Crippen LogP contribution in [-0.2, 0) is 0 Å². The fourth-order valence-electron chi connectivity index (χ4n) is 3.18. The quantitative estimate of drug-likeness (QED) is 0.664. The smallest absolute Gasteiger partial charge is 0.251 e. The van der Waals surface area contributed by atoms with Crippen molar-refractivity contribution in [2.45, 2.75) is 25.8 Å². The highest BCUT2D eigenvalue weighted by molar-refractivity contribution is 7.13. The third-order valence-corrected chi connectivity index (χ3v) is 5.79. The number of halogens is 1. The number of carbonyl (C=O) groups excluding carboxylic acids is 2. The average Bonchev–Trinajstić information content (AvgIpc) is 3.37. The van der Waals surface area contributed by atoms with Crippen LogP contribution >= 0.6 is 11.3 Å². The Morgan fingerprint density at radius 1 is 1.07 bits per heavy atom. The highest BCUT2D eigenvalue weighted by atomic mass is 32.1. The molecule has 4 rings (SSSR count). The molecular weight excluding hydrogens is 389 g/mol. The van der Waals surface area contributed by atoms with Crippen LogP contribution in [0.4, 0.5) is 4.39 Å². The summed E-state index contributed by atoms with van der Waals surface area (Å²) in [6, 6.07) is 8.40. The lowest BCUT2D eigenvalue weighted by Gasteiger charge is -2.15. The molecule has 2 aromatic carbocycles. The minimum Gasteiger partial charge on any atom is -0.355 e. The molecule has 0 aliphatic heterocycles. The molecular formula is C22H20FN3O2S. The van der Waals surface area contributed by atoms with Crippen molar-refractivity contribution in [2.24, 2.45) is 0 Å². The van der Waals surface area contributed by atoms with Gasteiger partial charge in [-0.3, -0.25) is 9.59 Å². The van der Waals surface area contributed by atoms with Gasteiger partial charge in [-0.05, 0) is 60.7 Å². The topological polar surface area (TPSA) is 71.1 Å². The molecule has 1 heterocycles. The Bertz CT molecular complexity index is 1090. The first kappa shape index (κ1) is 19.3. The van der Waals surface area contributed by atoms with Crippen LogP contribution in [-0.4, -0.2) is 29.9 Å². The van der Waals surface area contributed by atoms with Gasteiger partial charge in [0.2, 0.25) is 0 Å². The maximum absolute atomic E-state index is 14.7. The number of hydrogen-bond acceptors (Lipinski definition) is 4. The molecule has 0 radical (unpaired) electrons. The van der Waals surface area contributed by atoms with E-state index in [1.54, 1.807) is 44.4 Å². The second-order valence-electron chi connectivity index (χ2n) is 7.06. The van der Waals surface area contributed by atoms with Crippen LogP contribution in [0, 0.1) is 12.7 Å². The van der Waals surface area contributed by atoms with Gasteiger partial charge in [0, 0.05) is 41.4 Å². The van der Waals surface area contributed by atoms with Gasteiger partial charge in [0.25, 0.3) is 11.8 Å². The molecule has 0 atom stereocenters. The Morgan fingerprint density at radius 3 is 2.48 bits per heavy atom. The highest BCUT2D eigenvalue weighted by Crippen LogP contribution is 2.37. The zero-order valence-corrected chi connectivity index (χ0v) is 16.9. The number of hydrogen-bond donors (Lipinski definition) is 2. The van der Waals surface area contributed by atoms with E-state index in [2.05, 4.69) is 15.6 Å². The highest BCUT2D eigenvalue weighted by Gasteiger charge is 2.25. The predicted molar refractivity (Wildman–Crippen MR) is 112 cm³/mol. The summed E-state index contributed by atoms with van der Waals surface area (Å²) in [6.07, 6.45) is 3.60. The van der Waals surface area contributed by atoms with Crippen molar-refractivity contribution in [2.75, 3.05) is 7.05 Å². The number of benzene rings is 2. The van der Waals surface area contributed by atoms with Crippen LogP contribution < -0.4 is 10.6 Å². The second-order valence-corrected chi connectivity index (χ2v) is 7.95. The van der Waals surface area contributed by atoms with E-state index in [-0.39, 0.29) is 23.4 Å². The summed E-state index contributed by atoms with van der Waals surface area (Å²) in [4.78, 5) is 29.0. The molecule has 0 bridgehead atoms. The minimum atomic E-state index is -0.441. The fraction of sp³-hybridized carbons (Fsp3) is 0.227. The van der Waals surface area contributed by atoms with Crippen LogP contribution in [0.2, 0.25) is 0 Å². The van der Waals surface area contributed by atoms with Crippen LogP contribution in [0.15, 0.2) is 41.9 Å². The lowest BCUT2D eigenvalue weighted by Crippen LogP contribution is -2.25. The first-order valence-corrected chi connectivity index (χ1v) is 10.2. The summed E-state index contributed by atoms with van der Waals surface area (Å²) in [5.74, 6) is -0.927. The van der Waals surface area contributed by atoms with Gasteiger partial charge < -0.3 is 10.6 Å². The number of rotatable bonds is 5. The SMILES string of the molecule is CNC(=O)c1ccc(-c2cc(C(=O)NC3CC3)cc(F)c2C)c(-c2nccs2)c1. The van der Waals surface area contributed by atoms with Crippen molar-refractivity contribution < 1.29 is 14.0 Å². The molecule has 1 saturated carbocycles. The van der Waals surface area contributed by atoms with Gasteiger partial charge in [-0.15, -0.1) is 11.3 Å². The zero-order chi connectivity index (χ0) is 20.5. The van der Waals surface area contributed by atoms with Crippen molar-refractivity contribution in [1.82, 2.24) is 15.6 Å². The number of nitrogens with zero attached hydrogens (tertiary/aromatic N) is 1. The Morgan fingerprint density at radius 2 is 1.83 bits per heavy atom. The second kappa shape index (κ2) is 7.75. The molecule has 1 aliphatic rings. The molecule has 2 N–H and O–H groups in total. The lowest BCUT2D eigenvalue weighted by molar-refractivity contribution is 0.0946. The zero-order valence-electron chi connectivity index (χ0n) is 16.1. The van der Waals surface area contributed by atoms with Crippen molar-refractivity contribution >= 4 is 23.2 Å². The number of thiazole rings is 1. The molecule has 5 nitrogen and oxygen atoms in total. The van der Waals surface area contributed by atoms with Crippen molar-refractivity contribution in [1.29, 1.82) is 0 Å². The Labute approximate surface area is 172 Å². The van der Waals surface area contributed by atoms with E-state index < -0.39 is 5.82 Å². The minimum absolute atomic E-state index is 0.188. The van der Waals surface area contributed by atoms with Crippen molar-refractivity contribution in [3.8, 4) is 21.7 Å². The van der Waals surface area contributed by atoms with E-state index in [0.29, 0.717) is 16.7 Å². The molecule has 3 aromatic rings. The van der Waals surface area contributed by atoms with E-state index >= 15 is 0 Å². The van der Waals surface area contributed by atoms with Gasteiger partial charge in [0.05, 0.1) is 0 Å². The van der Waals surface area contributed by atoms with E-state index in [4.69, 9.17) is 0 Å². The monoisotopic (exact) mass is 409 g/mol. The van der Waals surface area contributed by atoms with Crippen LogP contribution in [0.5, 0.6) is 0 Å². The third-order valence-electron chi connectivity index (χ3n) is 4.98. The van der Waals surface area contributed by atoms with E-state index in [1.807, 2.05) is 5.38 Å². The van der Waals surface area contributed by atoms with Gasteiger partial charge in [-0.1, -0.05) is 6.07 Å². The molecule has 1 fully saturated rings. The molecule has 29 heavy (non-hydrogen) atoms. The molecule has 7 heteroatoms. The first-order valence-electron chi connectivity index (χ1n) is 9.35. The molecule has 0 unspecified atom stereocenters. The summed E-state index contributed by atoms with van der Waals surface area (Å²) in [6.45, 7) is 1.69. The van der Waals surface area contributed by atoms with E-state index in [1.165, 1.54) is 17.4 Å². The molecule has 1 aliphatic carbocycles. The third kappa shape index (κ3) is 3.91. The van der Waals surface area contributed by atoms with Crippen LogP contribution in [0.3, 0.4) is 0 Å². The largest absolute Gasteiger partial charge is 0.355 e. The predicted octanol–water partition coefficient (Wildman–Crippen LogP) is 4.18. The summed E-state index contributed by atoms with van der Waals surface area (Å²) in [5, 5.41) is 8.08. The van der Waals surface area contributed by atoms with Gasteiger partial charge in [0.15, 0.2) is 0 Å². The molecule has 0 spiro atoms. The Hall–Kier alpha value is -3.06. The average molecular weight is 409 g/mol. The van der Waals surface area contributed by atoms with Gasteiger partial charge in [0.1, 0.15) is 10.8 Å². The van der Waals surface area contributed by atoms with E-state index in [9.17, 15) is 14.0 Å². The van der Waals surface area contributed by atoms with Gasteiger partial charge in [-0.25, -0.2) is 9.37 Å². The van der Waals surface area contributed by atoms with E-state index in [0.717, 1.165) is 29.0 Å². The summed E-state index contributed by atoms with van der Waals surface area (Å²) >= 11 is 1.43. The molecule has 148 valence electrons. The maximum Gasteiger partial charge on any atom is 0.251 e. The number of aromatic nitrogens is 1. The normalized spacial score (nSPS) is 13.2. The maximum atomic E-state index is 14.7. The molecule has 1 aromatic heterocycles. The van der Waals surface area contributed by atoms with Gasteiger partial charge in [-0.2, -0.15) is 0 Å². The lowest BCUT2D eigenvalue weighted by atomic mass is 9.92. The fourth-order valence-corrected chi connectivity index (χ4v) is 3.85.